The summed E-state index contributed by atoms with van der Waals surface area (Å²) in [6.45, 7) is 1.72. The van der Waals surface area contributed by atoms with Crippen LogP contribution in [0.15, 0.2) is 18.2 Å². The number of nitrogens with zero attached hydrogens (tertiary/aromatic N) is 1. The molecular formula is C10H14N2O2. The lowest BCUT2D eigenvalue weighted by Gasteiger charge is -2.22. The lowest BCUT2D eigenvalue weighted by atomic mass is 10.2. The van der Waals surface area contributed by atoms with Crippen LogP contribution >= 0.6 is 0 Å². The average Bonchev–Trinajstić information content (AvgIpc) is 2.27. The van der Waals surface area contributed by atoms with Crippen LogP contribution in [0.25, 0.3) is 0 Å². The summed E-state index contributed by atoms with van der Waals surface area (Å²) in [6, 6.07) is 5.83. The number of rotatable bonds is 2. The van der Waals surface area contributed by atoms with Gasteiger partial charge in [-0.05, 0) is 12.1 Å². The summed E-state index contributed by atoms with van der Waals surface area (Å²) in [5.74, 6) is 1.61. The van der Waals surface area contributed by atoms with Gasteiger partial charge in [0.25, 0.3) is 0 Å². The molecule has 2 rings (SSSR count). The Morgan fingerprint density at radius 3 is 2.71 bits per heavy atom. The molecule has 0 atom stereocenters. The second kappa shape index (κ2) is 3.75. The standard InChI is InChI=1S/C10H14N2O2/c1-12(7-11)8-2-3-9-10(6-8)14-5-4-13-9/h2-3,6H,4-5,7,11H2,1H3. The minimum absolute atomic E-state index is 0.486. The topological polar surface area (TPSA) is 47.7 Å². The van der Waals surface area contributed by atoms with Gasteiger partial charge in [0.2, 0.25) is 0 Å². The summed E-state index contributed by atoms with van der Waals surface area (Å²) in [6.07, 6.45) is 0. The average molecular weight is 194 g/mol. The molecule has 0 fully saturated rings. The number of fused-ring (bicyclic) bond motifs is 1. The predicted molar refractivity (Wildman–Crippen MR) is 54.9 cm³/mol. The summed E-state index contributed by atoms with van der Waals surface area (Å²) in [5, 5.41) is 0. The molecule has 0 unspecified atom stereocenters. The van der Waals surface area contributed by atoms with E-state index in [0.717, 1.165) is 17.2 Å². The van der Waals surface area contributed by atoms with Crippen molar-refractivity contribution in [1.29, 1.82) is 0 Å². The highest BCUT2D eigenvalue weighted by Gasteiger charge is 2.12. The fourth-order valence-corrected chi connectivity index (χ4v) is 1.37. The quantitative estimate of drug-likeness (QED) is 0.708. The molecule has 4 nitrogen and oxygen atoms in total. The van der Waals surface area contributed by atoms with Gasteiger partial charge in [-0.2, -0.15) is 0 Å². The third-order valence-corrected chi connectivity index (χ3v) is 2.24. The number of anilines is 1. The molecule has 0 saturated heterocycles. The molecule has 0 saturated carbocycles. The van der Waals surface area contributed by atoms with E-state index >= 15 is 0 Å². The summed E-state index contributed by atoms with van der Waals surface area (Å²) in [5.41, 5.74) is 6.57. The Bertz CT molecular complexity index is 328. The van der Waals surface area contributed by atoms with E-state index in [1.807, 2.05) is 30.1 Å². The molecule has 1 aromatic carbocycles. The van der Waals surface area contributed by atoms with Crippen molar-refractivity contribution in [2.75, 3.05) is 31.8 Å². The number of hydrogen-bond acceptors (Lipinski definition) is 4. The highest BCUT2D eigenvalue weighted by molar-refractivity contribution is 5.56. The smallest absolute Gasteiger partial charge is 0.163 e. The molecular weight excluding hydrogens is 180 g/mol. The maximum Gasteiger partial charge on any atom is 0.163 e. The van der Waals surface area contributed by atoms with E-state index in [9.17, 15) is 0 Å². The summed E-state index contributed by atoms with van der Waals surface area (Å²) >= 11 is 0. The molecule has 1 aliphatic rings. The Hall–Kier alpha value is -1.42. The van der Waals surface area contributed by atoms with Gasteiger partial charge in [0.15, 0.2) is 11.5 Å². The van der Waals surface area contributed by atoms with E-state index < -0.39 is 0 Å². The Kier molecular flexibility index (Phi) is 2.45. The molecule has 14 heavy (non-hydrogen) atoms. The van der Waals surface area contributed by atoms with Crippen molar-refractivity contribution in [3.8, 4) is 11.5 Å². The minimum atomic E-state index is 0.486. The van der Waals surface area contributed by atoms with Crippen molar-refractivity contribution >= 4 is 5.69 Å². The first-order valence-corrected chi connectivity index (χ1v) is 4.62. The van der Waals surface area contributed by atoms with Gasteiger partial charge in [0.05, 0.1) is 6.67 Å². The monoisotopic (exact) mass is 194 g/mol. The lowest BCUT2D eigenvalue weighted by molar-refractivity contribution is 0.171. The third kappa shape index (κ3) is 1.61. The first kappa shape index (κ1) is 9.15. The number of benzene rings is 1. The largest absolute Gasteiger partial charge is 0.486 e. The zero-order valence-corrected chi connectivity index (χ0v) is 8.19. The lowest BCUT2D eigenvalue weighted by Crippen LogP contribution is -2.25. The van der Waals surface area contributed by atoms with E-state index in [2.05, 4.69) is 0 Å². The second-order valence-corrected chi connectivity index (χ2v) is 3.21. The Morgan fingerprint density at radius 1 is 1.29 bits per heavy atom. The number of ether oxygens (including phenoxy) is 2. The molecule has 1 aromatic rings. The van der Waals surface area contributed by atoms with Crippen LogP contribution in [0.3, 0.4) is 0 Å². The zero-order valence-electron chi connectivity index (χ0n) is 8.19. The van der Waals surface area contributed by atoms with Gasteiger partial charge in [-0.3, -0.25) is 0 Å². The van der Waals surface area contributed by atoms with Gasteiger partial charge in [0.1, 0.15) is 13.2 Å². The van der Waals surface area contributed by atoms with Gasteiger partial charge in [-0.1, -0.05) is 0 Å². The first-order chi connectivity index (χ1) is 6.81. The van der Waals surface area contributed by atoms with E-state index in [-0.39, 0.29) is 0 Å². The second-order valence-electron chi connectivity index (χ2n) is 3.21. The molecule has 0 amide bonds. The van der Waals surface area contributed by atoms with Gasteiger partial charge in [0, 0.05) is 18.8 Å². The van der Waals surface area contributed by atoms with Crippen LogP contribution in [0.4, 0.5) is 5.69 Å². The fourth-order valence-electron chi connectivity index (χ4n) is 1.37. The Balaban J connectivity index is 2.29. The highest BCUT2D eigenvalue weighted by Crippen LogP contribution is 2.33. The third-order valence-electron chi connectivity index (χ3n) is 2.24. The molecule has 1 heterocycles. The first-order valence-electron chi connectivity index (χ1n) is 4.62. The number of nitrogens with two attached hydrogens (primary N) is 1. The molecule has 1 aliphatic heterocycles. The fraction of sp³-hybridized carbons (Fsp3) is 0.400. The molecule has 0 spiro atoms. The van der Waals surface area contributed by atoms with Crippen molar-refractivity contribution in [3.05, 3.63) is 18.2 Å². The maximum absolute atomic E-state index is 5.53. The summed E-state index contributed by atoms with van der Waals surface area (Å²) < 4.78 is 10.9. The van der Waals surface area contributed by atoms with Crippen LogP contribution in [0.5, 0.6) is 11.5 Å². The van der Waals surface area contributed by atoms with Crippen molar-refractivity contribution in [2.24, 2.45) is 5.73 Å². The zero-order chi connectivity index (χ0) is 9.97. The minimum Gasteiger partial charge on any atom is -0.486 e. The van der Waals surface area contributed by atoms with Crippen molar-refractivity contribution in [1.82, 2.24) is 0 Å². The van der Waals surface area contributed by atoms with Gasteiger partial charge >= 0.3 is 0 Å². The maximum atomic E-state index is 5.53. The SMILES string of the molecule is CN(CN)c1ccc2c(c1)OCCO2. The van der Waals surface area contributed by atoms with Crippen LogP contribution in [-0.2, 0) is 0 Å². The van der Waals surface area contributed by atoms with Crippen molar-refractivity contribution in [2.45, 2.75) is 0 Å². The van der Waals surface area contributed by atoms with Crippen LogP contribution in [0.1, 0.15) is 0 Å². The Labute approximate surface area is 83.2 Å². The molecule has 0 aliphatic carbocycles. The molecule has 0 radical (unpaired) electrons. The van der Waals surface area contributed by atoms with Crippen molar-refractivity contribution < 1.29 is 9.47 Å². The van der Waals surface area contributed by atoms with E-state index in [4.69, 9.17) is 15.2 Å². The van der Waals surface area contributed by atoms with E-state index in [0.29, 0.717) is 19.9 Å². The number of hydrogen-bond donors (Lipinski definition) is 1. The van der Waals surface area contributed by atoms with E-state index in [1.165, 1.54) is 0 Å². The van der Waals surface area contributed by atoms with E-state index in [1.54, 1.807) is 0 Å². The highest BCUT2D eigenvalue weighted by atomic mass is 16.6. The van der Waals surface area contributed by atoms with Gasteiger partial charge < -0.3 is 20.1 Å². The van der Waals surface area contributed by atoms with Gasteiger partial charge in [-0.25, -0.2) is 0 Å². The predicted octanol–water partition coefficient (Wildman–Crippen LogP) is 0.810. The van der Waals surface area contributed by atoms with Crippen LogP contribution in [-0.4, -0.2) is 26.9 Å². The molecule has 0 bridgehead atoms. The molecule has 4 heteroatoms. The van der Waals surface area contributed by atoms with Crippen LogP contribution in [0.2, 0.25) is 0 Å². The summed E-state index contributed by atoms with van der Waals surface area (Å²) in [7, 11) is 1.94. The molecule has 76 valence electrons. The molecule has 2 N–H and O–H groups in total. The van der Waals surface area contributed by atoms with Crippen LogP contribution < -0.4 is 20.1 Å². The Morgan fingerprint density at radius 2 is 2.00 bits per heavy atom. The summed E-state index contributed by atoms with van der Waals surface area (Å²) in [4.78, 5) is 1.94. The normalized spacial score (nSPS) is 13.9. The molecule has 0 aromatic heterocycles. The van der Waals surface area contributed by atoms with Gasteiger partial charge in [-0.15, -0.1) is 0 Å². The van der Waals surface area contributed by atoms with Crippen molar-refractivity contribution in [3.63, 3.8) is 0 Å². The van der Waals surface area contributed by atoms with Crippen LogP contribution in [0, 0.1) is 0 Å².